The van der Waals surface area contributed by atoms with Crippen LogP contribution < -0.4 is 5.32 Å². The van der Waals surface area contributed by atoms with Crippen LogP contribution in [-0.4, -0.2) is 37.5 Å². The van der Waals surface area contributed by atoms with Crippen molar-refractivity contribution in [1.29, 1.82) is 0 Å². The van der Waals surface area contributed by atoms with Gasteiger partial charge >= 0.3 is 0 Å². The summed E-state index contributed by atoms with van der Waals surface area (Å²) in [5.41, 5.74) is 3.24. The fraction of sp³-hybridized carbons (Fsp3) is 0.471. The summed E-state index contributed by atoms with van der Waals surface area (Å²) in [6.07, 6.45) is 3.72. The number of aryl methyl sites for hydroxylation is 1. The summed E-state index contributed by atoms with van der Waals surface area (Å²) in [7, 11) is 1.79. The summed E-state index contributed by atoms with van der Waals surface area (Å²) in [6.45, 7) is 4.42. The summed E-state index contributed by atoms with van der Waals surface area (Å²) < 4.78 is 11.2. The maximum Gasteiger partial charge on any atom is 0.0893 e. The molecule has 1 fully saturated rings. The van der Waals surface area contributed by atoms with Crippen molar-refractivity contribution in [2.75, 3.05) is 32.2 Å². The maximum absolute atomic E-state index is 5.78. The molecular formula is C17H22N2O2. The smallest absolute Gasteiger partial charge is 0.0893 e. The molecule has 4 nitrogen and oxygen atoms in total. The van der Waals surface area contributed by atoms with Crippen LogP contribution in [0.1, 0.15) is 18.4 Å². The zero-order valence-corrected chi connectivity index (χ0v) is 12.7. The van der Waals surface area contributed by atoms with Crippen molar-refractivity contribution in [2.45, 2.75) is 25.4 Å². The summed E-state index contributed by atoms with van der Waals surface area (Å²) in [4.78, 5) is 4.48. The lowest BCUT2D eigenvalue weighted by atomic mass is 9.94. The molecule has 0 amide bonds. The summed E-state index contributed by atoms with van der Waals surface area (Å²) in [5.74, 6) is 0. The standard InChI is InChI=1S/C17H22N2O2/c1-13-4-3-5-14-15(6-9-18-16(13)14)19-12-17(20-2)7-10-21-11-8-17/h3-6,9H,7-8,10-12H2,1-2H3,(H,18,19). The van der Waals surface area contributed by atoms with Crippen molar-refractivity contribution in [1.82, 2.24) is 4.98 Å². The van der Waals surface area contributed by atoms with Gasteiger partial charge in [-0.3, -0.25) is 4.98 Å². The van der Waals surface area contributed by atoms with Crippen molar-refractivity contribution < 1.29 is 9.47 Å². The lowest BCUT2D eigenvalue weighted by molar-refractivity contribution is -0.0807. The van der Waals surface area contributed by atoms with E-state index < -0.39 is 0 Å². The second-order valence-electron chi connectivity index (χ2n) is 5.68. The number of ether oxygens (including phenoxy) is 2. The van der Waals surface area contributed by atoms with Crippen LogP contribution in [0.5, 0.6) is 0 Å². The van der Waals surface area contributed by atoms with Crippen LogP contribution in [0.4, 0.5) is 5.69 Å². The molecule has 4 heteroatoms. The molecular weight excluding hydrogens is 264 g/mol. The van der Waals surface area contributed by atoms with E-state index in [4.69, 9.17) is 9.47 Å². The Morgan fingerprint density at radius 1 is 1.29 bits per heavy atom. The van der Waals surface area contributed by atoms with Crippen molar-refractivity contribution in [2.24, 2.45) is 0 Å². The molecule has 0 atom stereocenters. The number of nitrogens with zero attached hydrogens (tertiary/aromatic N) is 1. The molecule has 0 bridgehead atoms. The molecule has 0 unspecified atom stereocenters. The summed E-state index contributed by atoms with van der Waals surface area (Å²) in [5, 5.41) is 4.72. The van der Waals surface area contributed by atoms with Gasteiger partial charge in [0.25, 0.3) is 0 Å². The number of pyridine rings is 1. The lowest BCUT2D eigenvalue weighted by Gasteiger charge is -2.36. The quantitative estimate of drug-likeness (QED) is 0.937. The predicted octanol–water partition coefficient (Wildman–Crippen LogP) is 3.15. The van der Waals surface area contributed by atoms with Gasteiger partial charge in [0.1, 0.15) is 0 Å². The molecule has 1 aromatic carbocycles. The van der Waals surface area contributed by atoms with E-state index in [-0.39, 0.29) is 5.60 Å². The van der Waals surface area contributed by atoms with Crippen LogP contribution >= 0.6 is 0 Å². The Hall–Kier alpha value is -1.65. The van der Waals surface area contributed by atoms with E-state index in [0.29, 0.717) is 0 Å². The molecule has 0 saturated carbocycles. The number of nitrogens with one attached hydrogen (secondary N) is 1. The van der Waals surface area contributed by atoms with Crippen molar-refractivity contribution in [3.05, 3.63) is 36.0 Å². The first-order valence-corrected chi connectivity index (χ1v) is 7.45. The first-order chi connectivity index (χ1) is 10.2. The first kappa shape index (κ1) is 14.3. The monoisotopic (exact) mass is 286 g/mol. The van der Waals surface area contributed by atoms with Crippen LogP contribution in [0.3, 0.4) is 0 Å². The molecule has 112 valence electrons. The van der Waals surface area contributed by atoms with E-state index >= 15 is 0 Å². The zero-order valence-electron chi connectivity index (χ0n) is 12.7. The molecule has 1 aliphatic rings. The van der Waals surface area contributed by atoms with Crippen LogP contribution in [0, 0.1) is 6.92 Å². The van der Waals surface area contributed by atoms with Crippen molar-refractivity contribution in [3.63, 3.8) is 0 Å². The second kappa shape index (κ2) is 6.00. The molecule has 1 aromatic heterocycles. The normalized spacial score (nSPS) is 17.8. The van der Waals surface area contributed by atoms with Gasteiger partial charge in [-0.2, -0.15) is 0 Å². The molecule has 1 N–H and O–H groups in total. The summed E-state index contributed by atoms with van der Waals surface area (Å²) >= 11 is 0. The van der Waals surface area contributed by atoms with Gasteiger partial charge in [0, 0.05) is 57.0 Å². The van der Waals surface area contributed by atoms with E-state index in [1.165, 1.54) is 5.56 Å². The number of benzene rings is 1. The third-order valence-corrected chi connectivity index (χ3v) is 4.41. The van der Waals surface area contributed by atoms with E-state index in [1.807, 2.05) is 12.3 Å². The number of rotatable bonds is 4. The number of methoxy groups -OCH3 is 1. The Morgan fingerprint density at radius 3 is 2.86 bits per heavy atom. The Kier molecular flexibility index (Phi) is 4.08. The van der Waals surface area contributed by atoms with Gasteiger partial charge in [-0.25, -0.2) is 0 Å². The third kappa shape index (κ3) is 2.87. The minimum Gasteiger partial charge on any atom is -0.382 e. The Morgan fingerprint density at radius 2 is 2.10 bits per heavy atom. The maximum atomic E-state index is 5.78. The van der Waals surface area contributed by atoms with E-state index in [9.17, 15) is 0 Å². The van der Waals surface area contributed by atoms with Gasteiger partial charge in [0.15, 0.2) is 0 Å². The molecule has 3 rings (SSSR count). The van der Waals surface area contributed by atoms with E-state index in [2.05, 4.69) is 35.4 Å². The number of anilines is 1. The molecule has 0 spiro atoms. The van der Waals surface area contributed by atoms with Gasteiger partial charge in [-0.05, 0) is 18.6 Å². The highest BCUT2D eigenvalue weighted by Gasteiger charge is 2.32. The molecule has 21 heavy (non-hydrogen) atoms. The predicted molar refractivity (Wildman–Crippen MR) is 84.8 cm³/mol. The molecule has 1 saturated heterocycles. The second-order valence-corrected chi connectivity index (χ2v) is 5.68. The zero-order chi connectivity index (χ0) is 14.7. The Balaban J connectivity index is 1.83. The van der Waals surface area contributed by atoms with E-state index in [0.717, 1.165) is 49.2 Å². The number of hydrogen-bond donors (Lipinski definition) is 1. The van der Waals surface area contributed by atoms with Crippen LogP contribution in [-0.2, 0) is 9.47 Å². The summed E-state index contributed by atoms with van der Waals surface area (Å²) in [6, 6.07) is 8.31. The SMILES string of the molecule is COC1(CNc2ccnc3c(C)cccc23)CCOCC1. The lowest BCUT2D eigenvalue weighted by Crippen LogP contribution is -2.44. The average Bonchev–Trinajstić information content (AvgIpc) is 2.54. The van der Waals surface area contributed by atoms with Crippen LogP contribution in [0.2, 0.25) is 0 Å². The highest BCUT2D eigenvalue weighted by Crippen LogP contribution is 2.28. The van der Waals surface area contributed by atoms with Gasteiger partial charge in [-0.15, -0.1) is 0 Å². The Bertz CT molecular complexity index is 621. The van der Waals surface area contributed by atoms with Crippen molar-refractivity contribution >= 4 is 16.6 Å². The largest absolute Gasteiger partial charge is 0.382 e. The fourth-order valence-electron chi connectivity index (χ4n) is 2.93. The van der Waals surface area contributed by atoms with Gasteiger partial charge in [0.2, 0.25) is 0 Å². The van der Waals surface area contributed by atoms with E-state index in [1.54, 1.807) is 7.11 Å². The van der Waals surface area contributed by atoms with Gasteiger partial charge in [-0.1, -0.05) is 18.2 Å². The van der Waals surface area contributed by atoms with Crippen molar-refractivity contribution in [3.8, 4) is 0 Å². The minimum atomic E-state index is -0.127. The van der Waals surface area contributed by atoms with Gasteiger partial charge in [0.05, 0.1) is 11.1 Å². The third-order valence-electron chi connectivity index (χ3n) is 4.41. The average molecular weight is 286 g/mol. The number of aromatic nitrogens is 1. The molecule has 2 aromatic rings. The van der Waals surface area contributed by atoms with Gasteiger partial charge < -0.3 is 14.8 Å². The number of para-hydroxylation sites is 1. The van der Waals surface area contributed by atoms with Crippen LogP contribution in [0.25, 0.3) is 10.9 Å². The number of fused-ring (bicyclic) bond motifs is 1. The number of hydrogen-bond acceptors (Lipinski definition) is 4. The topological polar surface area (TPSA) is 43.4 Å². The highest BCUT2D eigenvalue weighted by atomic mass is 16.5. The molecule has 1 aliphatic heterocycles. The Labute approximate surface area is 125 Å². The first-order valence-electron chi connectivity index (χ1n) is 7.45. The minimum absolute atomic E-state index is 0.127. The highest BCUT2D eigenvalue weighted by molar-refractivity contribution is 5.92. The molecule has 0 aliphatic carbocycles. The molecule has 0 radical (unpaired) electrons. The van der Waals surface area contributed by atoms with Crippen LogP contribution in [0.15, 0.2) is 30.5 Å². The fourth-order valence-corrected chi connectivity index (χ4v) is 2.93. The molecule has 2 heterocycles.